The van der Waals surface area contributed by atoms with Crippen molar-refractivity contribution in [1.29, 1.82) is 0 Å². The van der Waals surface area contributed by atoms with E-state index < -0.39 is 0 Å². The van der Waals surface area contributed by atoms with Crippen LogP contribution in [0.5, 0.6) is 0 Å². The number of nitrogens with zero attached hydrogens (tertiary/aromatic N) is 2. The first-order chi connectivity index (χ1) is 3.84. The lowest BCUT2D eigenvalue weighted by atomic mass is 10.6. The van der Waals surface area contributed by atoms with Gasteiger partial charge in [-0.05, 0) is 17.3 Å². The molecule has 0 saturated carbocycles. The minimum Gasteiger partial charge on any atom is -0.241 e. The lowest BCUT2D eigenvalue weighted by Crippen LogP contribution is -1.69. The van der Waals surface area contributed by atoms with Gasteiger partial charge in [0.2, 0.25) is 0 Å². The largest absolute Gasteiger partial charge is 0.241 e. The average molecular weight is 131 g/mol. The molecule has 1 aromatic heterocycles. The van der Waals surface area contributed by atoms with Crippen LogP contribution in [0.15, 0.2) is 23.5 Å². The lowest BCUT2D eigenvalue weighted by Gasteiger charge is -1.82. The Labute approximate surface area is 51.0 Å². The number of halogens is 1. The number of aromatic nitrogens is 1. The molecule has 0 saturated heterocycles. The molecule has 0 amide bonds. The fourth-order valence-corrected chi connectivity index (χ4v) is 0.574. The molecular formula is C4H3ClN2O. The summed E-state index contributed by atoms with van der Waals surface area (Å²) in [5, 5.41) is 2.61. The van der Waals surface area contributed by atoms with Gasteiger partial charge in [-0.2, -0.15) is 0 Å². The van der Waals surface area contributed by atoms with E-state index in [9.17, 15) is 4.91 Å². The second-order valence-electron chi connectivity index (χ2n) is 1.27. The van der Waals surface area contributed by atoms with Crippen LogP contribution in [0.25, 0.3) is 0 Å². The number of rotatable bonds is 1. The number of hydrogen-bond acceptors (Lipinski definition) is 2. The highest BCUT2D eigenvalue weighted by Crippen LogP contribution is 2.12. The van der Waals surface area contributed by atoms with Crippen molar-refractivity contribution in [2.45, 2.75) is 0 Å². The molecule has 0 fully saturated rings. The van der Waals surface area contributed by atoms with Crippen molar-refractivity contribution in [1.82, 2.24) is 4.09 Å². The predicted molar refractivity (Wildman–Crippen MR) is 31.1 cm³/mol. The predicted octanol–water partition coefficient (Wildman–Crippen LogP) is 1.89. The van der Waals surface area contributed by atoms with Crippen LogP contribution in [0, 0.1) is 4.91 Å². The molecule has 0 aromatic carbocycles. The molecule has 1 heterocycles. The maximum absolute atomic E-state index is 9.73. The van der Waals surface area contributed by atoms with Crippen molar-refractivity contribution >= 4 is 17.6 Å². The van der Waals surface area contributed by atoms with Crippen molar-refractivity contribution in [3.63, 3.8) is 0 Å². The normalized spacial score (nSPS) is 9.12. The fraction of sp³-hybridized carbons (Fsp3) is 0. The van der Waals surface area contributed by atoms with Crippen LogP contribution in [0.3, 0.4) is 0 Å². The first-order valence-corrected chi connectivity index (χ1v) is 2.35. The minimum atomic E-state index is 0.228. The molecule has 3 nitrogen and oxygen atoms in total. The van der Waals surface area contributed by atoms with Gasteiger partial charge in [0.15, 0.2) is 5.82 Å². The molecule has 0 aliphatic heterocycles. The summed E-state index contributed by atoms with van der Waals surface area (Å²) in [6, 6.07) is 3.17. The van der Waals surface area contributed by atoms with Crippen LogP contribution in [0.1, 0.15) is 0 Å². The van der Waals surface area contributed by atoms with E-state index in [1.807, 2.05) is 0 Å². The van der Waals surface area contributed by atoms with Crippen molar-refractivity contribution in [3.8, 4) is 0 Å². The monoisotopic (exact) mass is 130 g/mol. The molecule has 0 radical (unpaired) electrons. The van der Waals surface area contributed by atoms with E-state index in [1.165, 1.54) is 12.3 Å². The molecule has 4 heteroatoms. The van der Waals surface area contributed by atoms with E-state index in [-0.39, 0.29) is 5.82 Å². The summed E-state index contributed by atoms with van der Waals surface area (Å²) in [4.78, 5) is 9.73. The summed E-state index contributed by atoms with van der Waals surface area (Å²) < 4.78 is 1.13. The van der Waals surface area contributed by atoms with Crippen molar-refractivity contribution < 1.29 is 0 Å². The fourth-order valence-electron chi connectivity index (χ4n) is 0.422. The molecule has 42 valence electrons. The van der Waals surface area contributed by atoms with Crippen molar-refractivity contribution in [2.75, 3.05) is 0 Å². The molecule has 0 unspecified atom stereocenters. The van der Waals surface area contributed by atoms with E-state index in [1.54, 1.807) is 6.07 Å². The van der Waals surface area contributed by atoms with Crippen LogP contribution in [-0.2, 0) is 0 Å². The van der Waals surface area contributed by atoms with Gasteiger partial charge >= 0.3 is 0 Å². The maximum Gasteiger partial charge on any atom is 0.191 e. The Morgan fingerprint density at radius 2 is 2.50 bits per heavy atom. The molecule has 0 aliphatic rings. The molecule has 0 bridgehead atoms. The molecule has 0 spiro atoms. The second kappa shape index (κ2) is 1.96. The molecule has 1 aromatic rings. The Kier molecular flexibility index (Phi) is 1.30. The van der Waals surface area contributed by atoms with E-state index in [2.05, 4.69) is 5.18 Å². The van der Waals surface area contributed by atoms with Gasteiger partial charge in [0, 0.05) is 18.0 Å². The Morgan fingerprint density at radius 1 is 1.75 bits per heavy atom. The Hall–Kier alpha value is -0.830. The van der Waals surface area contributed by atoms with E-state index in [0.717, 1.165) is 4.09 Å². The van der Waals surface area contributed by atoms with Gasteiger partial charge < -0.3 is 0 Å². The van der Waals surface area contributed by atoms with Gasteiger partial charge in [-0.25, -0.2) is 4.09 Å². The first kappa shape index (κ1) is 5.31. The molecule has 0 atom stereocenters. The van der Waals surface area contributed by atoms with E-state index >= 15 is 0 Å². The zero-order valence-electron chi connectivity index (χ0n) is 3.91. The highest BCUT2D eigenvalue weighted by Gasteiger charge is 1.93. The summed E-state index contributed by atoms with van der Waals surface area (Å²) in [6.07, 6.45) is 1.54. The standard InChI is InChI=1S/C4H3ClN2O/c5-7-3-1-2-4(7)6-8/h1-3H. The van der Waals surface area contributed by atoms with Gasteiger partial charge in [0.1, 0.15) is 0 Å². The Bertz CT molecular complexity index is 196. The smallest absolute Gasteiger partial charge is 0.191 e. The molecule has 8 heavy (non-hydrogen) atoms. The highest BCUT2D eigenvalue weighted by molar-refractivity contribution is 6.16. The Balaban J connectivity index is 3.09. The third kappa shape index (κ3) is 0.721. The van der Waals surface area contributed by atoms with Gasteiger partial charge in [-0.15, -0.1) is 4.91 Å². The van der Waals surface area contributed by atoms with Crippen molar-refractivity contribution in [2.24, 2.45) is 5.18 Å². The van der Waals surface area contributed by atoms with Crippen LogP contribution in [-0.4, -0.2) is 4.09 Å². The SMILES string of the molecule is O=Nc1cccn1Cl. The third-order valence-electron chi connectivity index (χ3n) is 0.775. The third-order valence-corrected chi connectivity index (χ3v) is 1.06. The first-order valence-electron chi connectivity index (χ1n) is 2.01. The zero-order valence-corrected chi connectivity index (χ0v) is 4.67. The van der Waals surface area contributed by atoms with E-state index in [4.69, 9.17) is 11.8 Å². The van der Waals surface area contributed by atoms with Crippen molar-refractivity contribution in [3.05, 3.63) is 23.2 Å². The summed E-state index contributed by atoms with van der Waals surface area (Å²) in [5.74, 6) is 0.228. The topological polar surface area (TPSA) is 34.4 Å². The molecule has 1 rings (SSSR count). The zero-order chi connectivity index (χ0) is 5.98. The van der Waals surface area contributed by atoms with Crippen LogP contribution in [0.2, 0.25) is 0 Å². The van der Waals surface area contributed by atoms with Crippen LogP contribution >= 0.6 is 11.8 Å². The van der Waals surface area contributed by atoms with E-state index in [0.29, 0.717) is 0 Å². The average Bonchev–Trinajstić information content (AvgIpc) is 2.14. The Morgan fingerprint density at radius 3 is 2.75 bits per heavy atom. The van der Waals surface area contributed by atoms with Gasteiger partial charge in [0.25, 0.3) is 0 Å². The summed E-state index contributed by atoms with van der Waals surface area (Å²) in [6.45, 7) is 0. The van der Waals surface area contributed by atoms with Gasteiger partial charge in [0.05, 0.1) is 0 Å². The number of hydrogen-bond donors (Lipinski definition) is 0. The quantitative estimate of drug-likeness (QED) is 0.535. The van der Waals surface area contributed by atoms with Crippen LogP contribution < -0.4 is 0 Å². The molecular weight excluding hydrogens is 128 g/mol. The highest BCUT2D eigenvalue weighted by atomic mass is 35.5. The van der Waals surface area contributed by atoms with Gasteiger partial charge in [-0.3, -0.25) is 0 Å². The second-order valence-corrected chi connectivity index (χ2v) is 1.63. The lowest BCUT2D eigenvalue weighted by molar-refractivity contribution is 1.22. The summed E-state index contributed by atoms with van der Waals surface area (Å²) in [5.41, 5.74) is 0. The minimum absolute atomic E-state index is 0.228. The molecule has 0 aliphatic carbocycles. The molecule has 0 N–H and O–H groups in total. The number of nitroso groups, excluding NO2 is 1. The van der Waals surface area contributed by atoms with Gasteiger partial charge in [-0.1, -0.05) is 0 Å². The van der Waals surface area contributed by atoms with Crippen LogP contribution in [0.4, 0.5) is 5.82 Å². The maximum atomic E-state index is 9.73. The summed E-state index contributed by atoms with van der Waals surface area (Å²) >= 11 is 5.36. The summed E-state index contributed by atoms with van der Waals surface area (Å²) in [7, 11) is 0.